The summed E-state index contributed by atoms with van der Waals surface area (Å²) in [5.41, 5.74) is 3.01. The van der Waals surface area contributed by atoms with Crippen LogP contribution in [0.25, 0.3) is 22.0 Å². The standard InChI is InChI=1S/C28H30F2N4O2/c1-32(2)20-9-12-34(13-10-20)16-18-4-6-25(36-26-7-5-19(29)15-24(26)30)22(14-18)23-17-33(3)27-21(23)8-11-31-28(27)35/h4-8,11,14-15,17,20H,9-10,12-13,16H2,1-3H3,(H,31,35). The molecule has 3 heterocycles. The van der Waals surface area contributed by atoms with E-state index < -0.39 is 11.6 Å². The van der Waals surface area contributed by atoms with Gasteiger partial charge in [0.1, 0.15) is 17.1 Å². The summed E-state index contributed by atoms with van der Waals surface area (Å²) in [6, 6.07) is 11.6. The van der Waals surface area contributed by atoms with Gasteiger partial charge < -0.3 is 19.2 Å². The second-order valence-corrected chi connectivity index (χ2v) is 9.70. The molecule has 0 aliphatic carbocycles. The van der Waals surface area contributed by atoms with Crippen molar-refractivity contribution in [3.63, 3.8) is 0 Å². The number of likely N-dealkylation sites (tertiary alicyclic amines) is 1. The van der Waals surface area contributed by atoms with E-state index in [0.29, 0.717) is 17.3 Å². The normalized spacial score (nSPS) is 15.2. The number of hydrogen-bond donors (Lipinski definition) is 1. The first-order chi connectivity index (χ1) is 17.3. The molecule has 188 valence electrons. The number of aromatic nitrogens is 2. The number of halogens is 2. The van der Waals surface area contributed by atoms with Gasteiger partial charge >= 0.3 is 0 Å². The van der Waals surface area contributed by atoms with E-state index in [4.69, 9.17) is 4.74 Å². The number of aromatic amines is 1. The highest BCUT2D eigenvalue weighted by atomic mass is 19.1. The van der Waals surface area contributed by atoms with E-state index in [1.807, 2.05) is 37.5 Å². The lowest BCUT2D eigenvalue weighted by atomic mass is 10.00. The van der Waals surface area contributed by atoms with Crippen LogP contribution in [0.4, 0.5) is 8.78 Å². The molecule has 5 rings (SSSR count). The third kappa shape index (κ3) is 4.79. The van der Waals surface area contributed by atoms with E-state index >= 15 is 0 Å². The van der Waals surface area contributed by atoms with Gasteiger partial charge in [-0.05, 0) is 75.9 Å². The topological polar surface area (TPSA) is 53.5 Å². The summed E-state index contributed by atoms with van der Waals surface area (Å²) < 4.78 is 35.6. The van der Waals surface area contributed by atoms with Crippen LogP contribution < -0.4 is 10.3 Å². The van der Waals surface area contributed by atoms with Crippen molar-refractivity contribution in [2.75, 3.05) is 27.2 Å². The van der Waals surface area contributed by atoms with Gasteiger partial charge in [0.2, 0.25) is 0 Å². The first-order valence-corrected chi connectivity index (χ1v) is 12.1. The maximum atomic E-state index is 14.4. The maximum absolute atomic E-state index is 14.4. The van der Waals surface area contributed by atoms with Crippen LogP contribution in [0.1, 0.15) is 18.4 Å². The number of nitrogens with zero attached hydrogens (tertiary/aromatic N) is 3. The van der Waals surface area contributed by atoms with Gasteiger partial charge in [0.05, 0.1) is 0 Å². The van der Waals surface area contributed by atoms with E-state index in [9.17, 15) is 13.6 Å². The summed E-state index contributed by atoms with van der Waals surface area (Å²) in [5, 5.41) is 0.773. The second-order valence-electron chi connectivity index (χ2n) is 9.70. The highest BCUT2D eigenvalue weighted by Gasteiger charge is 2.22. The van der Waals surface area contributed by atoms with E-state index in [1.165, 1.54) is 12.1 Å². The molecule has 8 heteroatoms. The van der Waals surface area contributed by atoms with Crippen LogP contribution in [0, 0.1) is 11.6 Å². The van der Waals surface area contributed by atoms with Gasteiger partial charge in [0, 0.05) is 54.6 Å². The molecule has 1 N–H and O–H groups in total. The highest BCUT2D eigenvalue weighted by molar-refractivity contribution is 5.97. The number of nitrogens with one attached hydrogen (secondary N) is 1. The Balaban J connectivity index is 1.54. The molecule has 1 aliphatic heterocycles. The predicted octanol–water partition coefficient (Wildman–Crippen LogP) is 5.13. The summed E-state index contributed by atoms with van der Waals surface area (Å²) in [7, 11) is 6.08. The molecule has 0 bridgehead atoms. The summed E-state index contributed by atoms with van der Waals surface area (Å²) in [5.74, 6) is -1.07. The van der Waals surface area contributed by atoms with Crippen molar-refractivity contribution >= 4 is 10.9 Å². The minimum Gasteiger partial charge on any atom is -0.454 e. The second kappa shape index (κ2) is 9.87. The first-order valence-electron chi connectivity index (χ1n) is 12.1. The van der Waals surface area contributed by atoms with Crippen LogP contribution in [-0.4, -0.2) is 52.6 Å². The molecule has 2 aromatic heterocycles. The van der Waals surface area contributed by atoms with Crippen molar-refractivity contribution < 1.29 is 13.5 Å². The fraction of sp³-hybridized carbons (Fsp3) is 0.321. The largest absolute Gasteiger partial charge is 0.454 e. The Kier molecular flexibility index (Phi) is 6.64. The van der Waals surface area contributed by atoms with Crippen LogP contribution in [0.15, 0.2) is 59.7 Å². The van der Waals surface area contributed by atoms with Gasteiger partial charge in [0.25, 0.3) is 5.56 Å². The molecule has 0 amide bonds. The van der Waals surface area contributed by atoms with Gasteiger partial charge in [-0.2, -0.15) is 0 Å². The Morgan fingerprint density at radius 2 is 1.78 bits per heavy atom. The van der Waals surface area contributed by atoms with Crippen molar-refractivity contribution in [3.05, 3.63) is 82.4 Å². The number of aryl methyl sites for hydroxylation is 1. The Bertz CT molecular complexity index is 1450. The molecular weight excluding hydrogens is 462 g/mol. The molecule has 1 saturated heterocycles. The van der Waals surface area contributed by atoms with Crippen molar-refractivity contribution in [2.24, 2.45) is 7.05 Å². The third-order valence-electron chi connectivity index (χ3n) is 7.04. The molecule has 0 radical (unpaired) electrons. The lowest BCUT2D eigenvalue weighted by Crippen LogP contribution is -2.41. The predicted molar refractivity (Wildman–Crippen MR) is 137 cm³/mol. The van der Waals surface area contributed by atoms with Crippen LogP contribution in [-0.2, 0) is 13.6 Å². The maximum Gasteiger partial charge on any atom is 0.272 e. The molecule has 0 unspecified atom stereocenters. The molecule has 6 nitrogen and oxygen atoms in total. The van der Waals surface area contributed by atoms with Crippen LogP contribution in [0.2, 0.25) is 0 Å². The van der Waals surface area contributed by atoms with Gasteiger partial charge in [0.15, 0.2) is 11.6 Å². The van der Waals surface area contributed by atoms with Gasteiger partial charge in [-0.1, -0.05) is 6.07 Å². The number of rotatable bonds is 6. The number of benzene rings is 2. The smallest absolute Gasteiger partial charge is 0.272 e. The lowest BCUT2D eigenvalue weighted by Gasteiger charge is -2.35. The molecule has 1 fully saturated rings. The van der Waals surface area contributed by atoms with E-state index in [0.717, 1.165) is 60.6 Å². The van der Waals surface area contributed by atoms with Gasteiger partial charge in [-0.3, -0.25) is 9.69 Å². The summed E-state index contributed by atoms with van der Waals surface area (Å²) in [6.45, 7) is 2.81. The number of ether oxygens (including phenoxy) is 1. The fourth-order valence-corrected chi connectivity index (χ4v) is 5.08. The lowest BCUT2D eigenvalue weighted by molar-refractivity contribution is 0.140. The average Bonchev–Trinajstić information content (AvgIpc) is 3.19. The molecule has 0 spiro atoms. The monoisotopic (exact) mass is 492 g/mol. The zero-order chi connectivity index (χ0) is 25.4. The molecule has 4 aromatic rings. The van der Waals surface area contributed by atoms with Gasteiger partial charge in [-0.15, -0.1) is 0 Å². The molecule has 36 heavy (non-hydrogen) atoms. The number of H-pyrrole nitrogens is 1. The summed E-state index contributed by atoms with van der Waals surface area (Å²) >= 11 is 0. The van der Waals surface area contributed by atoms with Crippen molar-refractivity contribution in [3.8, 4) is 22.6 Å². The number of pyridine rings is 1. The van der Waals surface area contributed by atoms with E-state index in [-0.39, 0.29) is 11.3 Å². The molecular formula is C28H30F2N4O2. The molecule has 0 saturated carbocycles. The minimum absolute atomic E-state index is 0.0609. The highest BCUT2D eigenvalue weighted by Crippen LogP contribution is 2.39. The zero-order valence-electron chi connectivity index (χ0n) is 20.7. The fourth-order valence-electron chi connectivity index (χ4n) is 5.08. The number of fused-ring (bicyclic) bond motifs is 1. The quantitative estimate of drug-likeness (QED) is 0.406. The SMILES string of the molecule is CN(C)C1CCN(Cc2ccc(Oc3ccc(F)cc3F)c(-c3cn(C)c4c(=O)[nH]ccc34)c2)CC1. The average molecular weight is 493 g/mol. The third-order valence-corrected chi connectivity index (χ3v) is 7.04. The summed E-state index contributed by atoms with van der Waals surface area (Å²) in [4.78, 5) is 19.9. The Morgan fingerprint density at radius 3 is 2.50 bits per heavy atom. The Morgan fingerprint density at radius 1 is 1.03 bits per heavy atom. The molecule has 2 aromatic carbocycles. The number of piperidine rings is 1. The first kappa shape index (κ1) is 24.2. The van der Waals surface area contributed by atoms with Crippen molar-refractivity contribution in [1.29, 1.82) is 0 Å². The number of hydrogen-bond acceptors (Lipinski definition) is 4. The minimum atomic E-state index is -0.775. The molecule has 1 aliphatic rings. The Labute approximate surface area is 208 Å². The van der Waals surface area contributed by atoms with E-state index in [2.05, 4.69) is 28.9 Å². The van der Waals surface area contributed by atoms with Crippen LogP contribution >= 0.6 is 0 Å². The molecule has 0 atom stereocenters. The Hall–Kier alpha value is -3.49. The zero-order valence-corrected chi connectivity index (χ0v) is 20.7. The van der Waals surface area contributed by atoms with Gasteiger partial charge in [-0.25, -0.2) is 8.78 Å². The van der Waals surface area contributed by atoms with Crippen LogP contribution in [0.5, 0.6) is 11.5 Å². The van der Waals surface area contributed by atoms with E-state index in [1.54, 1.807) is 10.8 Å². The van der Waals surface area contributed by atoms with Crippen LogP contribution in [0.3, 0.4) is 0 Å². The van der Waals surface area contributed by atoms with Crippen molar-refractivity contribution in [1.82, 2.24) is 19.4 Å². The van der Waals surface area contributed by atoms with Crippen molar-refractivity contribution in [2.45, 2.75) is 25.4 Å². The summed E-state index contributed by atoms with van der Waals surface area (Å²) in [6.07, 6.45) is 5.75.